The zero-order valence-corrected chi connectivity index (χ0v) is 21.3. The van der Waals surface area contributed by atoms with Crippen molar-refractivity contribution < 1.29 is 29.0 Å². The number of nitrogens with one attached hydrogen (secondary N) is 1. The van der Waals surface area contributed by atoms with Crippen LogP contribution in [0.4, 0.5) is 4.79 Å². The van der Waals surface area contributed by atoms with Gasteiger partial charge in [0.2, 0.25) is 5.91 Å². The third kappa shape index (κ3) is 5.57. The molecule has 4 N–H and O–H groups in total. The minimum atomic E-state index is -1.52. The molecule has 4 rings (SSSR count). The first kappa shape index (κ1) is 26.9. The highest BCUT2D eigenvalue weighted by Gasteiger charge is 2.53. The van der Waals surface area contributed by atoms with E-state index >= 15 is 0 Å². The summed E-state index contributed by atoms with van der Waals surface area (Å²) < 4.78 is 5.87. The average molecular weight is 530 g/mol. The van der Waals surface area contributed by atoms with Gasteiger partial charge in [-0.25, -0.2) is 9.80 Å². The summed E-state index contributed by atoms with van der Waals surface area (Å²) >= 11 is 0. The number of nitrogens with two attached hydrogens (primary N) is 1. The molecule has 0 aliphatic carbocycles. The second-order valence-electron chi connectivity index (χ2n) is 9.04. The Morgan fingerprint density at radius 2 is 1.74 bits per heavy atom. The van der Waals surface area contributed by atoms with E-state index in [0.29, 0.717) is 33.2 Å². The molecule has 1 aliphatic heterocycles. The van der Waals surface area contributed by atoms with Crippen LogP contribution < -0.4 is 15.9 Å². The summed E-state index contributed by atoms with van der Waals surface area (Å²) in [5.41, 5.74) is -0.0208. The number of nitrogens with zero attached hydrogens (tertiary/aromatic N) is 3. The number of urea groups is 1. The highest BCUT2D eigenvalue weighted by atomic mass is 16.5. The third-order valence-electron chi connectivity index (χ3n) is 6.30. The normalized spacial score (nSPS) is 17.6. The fraction of sp³-hybridized carbons (Fsp3) is 0.179. The predicted octanol–water partition coefficient (Wildman–Crippen LogP) is 3.52. The summed E-state index contributed by atoms with van der Waals surface area (Å²) in [7, 11) is 0. The van der Waals surface area contributed by atoms with E-state index in [-0.39, 0.29) is 0 Å². The molecule has 0 bridgehead atoms. The first-order chi connectivity index (χ1) is 18.6. The van der Waals surface area contributed by atoms with E-state index in [1.165, 1.54) is 13.1 Å². The van der Waals surface area contributed by atoms with E-state index in [4.69, 9.17) is 10.6 Å². The molecule has 3 aromatic carbocycles. The van der Waals surface area contributed by atoms with Gasteiger partial charge in [0, 0.05) is 6.92 Å². The molecule has 1 heterocycles. The van der Waals surface area contributed by atoms with Crippen molar-refractivity contribution in [3.8, 4) is 11.5 Å². The van der Waals surface area contributed by atoms with E-state index in [2.05, 4.69) is 10.4 Å². The highest BCUT2D eigenvalue weighted by Crippen LogP contribution is 2.36. The molecule has 1 fully saturated rings. The van der Waals surface area contributed by atoms with Gasteiger partial charge in [-0.15, -0.1) is 0 Å². The molecular weight excluding hydrogens is 502 g/mol. The number of imide groups is 1. The first-order valence-electron chi connectivity index (χ1n) is 12.0. The third-order valence-corrected chi connectivity index (χ3v) is 6.30. The van der Waals surface area contributed by atoms with E-state index in [9.17, 15) is 24.3 Å². The number of benzene rings is 3. The Labute approximate surface area is 224 Å². The Morgan fingerprint density at radius 1 is 1.08 bits per heavy atom. The fourth-order valence-electron chi connectivity index (χ4n) is 4.42. The van der Waals surface area contributed by atoms with Crippen molar-refractivity contribution in [3.05, 3.63) is 95.6 Å². The smallest absolute Gasteiger partial charge is 0.344 e. The summed E-state index contributed by atoms with van der Waals surface area (Å²) in [6.45, 7) is 2.68. The van der Waals surface area contributed by atoms with Crippen molar-refractivity contribution in [2.24, 2.45) is 10.9 Å². The van der Waals surface area contributed by atoms with Gasteiger partial charge < -0.3 is 21.0 Å². The van der Waals surface area contributed by atoms with Crippen molar-refractivity contribution in [3.63, 3.8) is 0 Å². The Hall–Kier alpha value is -5.19. The first-order valence-corrected chi connectivity index (χ1v) is 12.0. The van der Waals surface area contributed by atoms with Gasteiger partial charge in [-0.3, -0.25) is 14.4 Å². The minimum absolute atomic E-state index is 0.362. The number of carboxylic acid groups (broad SMARTS) is 1. The number of rotatable bonds is 9. The number of carboxylic acids is 1. The fourth-order valence-corrected chi connectivity index (χ4v) is 4.42. The maximum atomic E-state index is 13.8. The summed E-state index contributed by atoms with van der Waals surface area (Å²) in [6, 6.07) is 20.0. The van der Waals surface area contributed by atoms with Gasteiger partial charge in [0.05, 0.1) is 18.7 Å². The number of amides is 4. The highest BCUT2D eigenvalue weighted by molar-refractivity contribution is 6.08. The molecule has 0 saturated carbocycles. The van der Waals surface area contributed by atoms with E-state index in [0.717, 1.165) is 11.9 Å². The van der Waals surface area contributed by atoms with Crippen LogP contribution in [0.3, 0.4) is 0 Å². The van der Waals surface area contributed by atoms with Crippen LogP contribution in [0.1, 0.15) is 43.0 Å². The van der Waals surface area contributed by atoms with Crippen molar-refractivity contribution in [1.29, 1.82) is 0 Å². The minimum Gasteiger partial charge on any atom is -0.481 e. The Balaban J connectivity index is 1.71. The molecule has 0 aromatic heterocycles. The lowest BCUT2D eigenvalue weighted by Crippen LogP contribution is -2.52. The number of hydrazone groups is 1. The van der Waals surface area contributed by atoms with Crippen LogP contribution in [0.2, 0.25) is 0 Å². The largest absolute Gasteiger partial charge is 0.481 e. The molecule has 3 aromatic rings. The van der Waals surface area contributed by atoms with E-state index < -0.39 is 41.8 Å². The predicted molar refractivity (Wildman–Crippen MR) is 141 cm³/mol. The molecule has 2 atom stereocenters. The number of carbonyl (C=O) groups excluding carboxylic acids is 3. The Bertz CT molecular complexity index is 1430. The van der Waals surface area contributed by atoms with Crippen LogP contribution in [0.25, 0.3) is 0 Å². The molecule has 4 amide bonds. The number of hydrogen-bond acceptors (Lipinski definition) is 7. The average Bonchev–Trinajstić information content (AvgIpc) is 3.13. The standard InChI is InChI=1S/C28H27N5O6/c1-18(34)32(33-26(37)28(2,31-27(33)38)21-13-11-19(12-14-21)17-30-29)24(16-25(35)36)20-7-6-10-23(15-20)39-22-8-4-3-5-9-22/h3-15,17,24H,16,29H2,1-2H3,(H,31,38)(H,35,36)/t24-,28-/m1/s1. The summed E-state index contributed by atoms with van der Waals surface area (Å²) in [5, 5.41) is 17.4. The number of carbonyl (C=O) groups is 4. The Morgan fingerprint density at radius 3 is 2.36 bits per heavy atom. The molecular formula is C28H27N5O6. The lowest BCUT2D eigenvalue weighted by Gasteiger charge is -2.35. The maximum Gasteiger partial charge on any atom is 0.344 e. The molecule has 0 radical (unpaired) electrons. The van der Waals surface area contributed by atoms with Crippen LogP contribution in [0.15, 0.2) is 84.0 Å². The van der Waals surface area contributed by atoms with Gasteiger partial charge in [-0.1, -0.05) is 54.6 Å². The molecule has 39 heavy (non-hydrogen) atoms. The number of ether oxygens (including phenoxy) is 1. The van der Waals surface area contributed by atoms with E-state index in [1.807, 2.05) is 6.07 Å². The topological polar surface area (TPSA) is 155 Å². The molecule has 1 saturated heterocycles. The van der Waals surface area contributed by atoms with E-state index in [1.54, 1.807) is 72.8 Å². The van der Waals surface area contributed by atoms with Gasteiger partial charge in [0.25, 0.3) is 5.91 Å². The van der Waals surface area contributed by atoms with Crippen molar-refractivity contribution >= 4 is 30.0 Å². The van der Waals surface area contributed by atoms with Gasteiger partial charge in [-0.2, -0.15) is 10.1 Å². The van der Waals surface area contributed by atoms with Crippen LogP contribution in [-0.4, -0.2) is 45.2 Å². The molecule has 1 aliphatic rings. The van der Waals surface area contributed by atoms with Crippen LogP contribution in [0.5, 0.6) is 11.5 Å². The van der Waals surface area contributed by atoms with Crippen LogP contribution in [-0.2, 0) is 19.9 Å². The van der Waals surface area contributed by atoms with Crippen LogP contribution >= 0.6 is 0 Å². The van der Waals surface area contributed by atoms with Gasteiger partial charge >= 0.3 is 12.0 Å². The van der Waals surface area contributed by atoms with Gasteiger partial charge in [-0.05, 0) is 47.9 Å². The van der Waals surface area contributed by atoms with Crippen molar-refractivity contribution in [2.75, 3.05) is 0 Å². The molecule has 0 unspecified atom stereocenters. The lowest BCUT2D eigenvalue weighted by atomic mass is 9.91. The second-order valence-corrected chi connectivity index (χ2v) is 9.04. The SMILES string of the molecule is CC(=O)N([C@H](CC(=O)O)c1cccc(Oc2ccccc2)c1)N1C(=O)N[C@](C)(c2ccc(C=NN)cc2)C1=O. The Kier molecular flexibility index (Phi) is 7.61. The van der Waals surface area contributed by atoms with Gasteiger partial charge in [0.1, 0.15) is 17.0 Å². The van der Waals surface area contributed by atoms with Crippen LogP contribution in [0, 0.1) is 0 Å². The monoisotopic (exact) mass is 529 g/mol. The summed E-state index contributed by atoms with van der Waals surface area (Å²) in [6.07, 6.45) is 0.854. The maximum absolute atomic E-state index is 13.8. The molecule has 200 valence electrons. The number of hydrazine groups is 1. The molecule has 0 spiro atoms. The summed E-state index contributed by atoms with van der Waals surface area (Å²) in [4.78, 5) is 51.8. The number of hydrogen-bond donors (Lipinski definition) is 3. The van der Waals surface area contributed by atoms with Crippen molar-refractivity contribution in [1.82, 2.24) is 15.3 Å². The van der Waals surface area contributed by atoms with Crippen molar-refractivity contribution in [2.45, 2.75) is 31.8 Å². The molecule has 11 heteroatoms. The quantitative estimate of drug-likeness (QED) is 0.166. The lowest BCUT2D eigenvalue weighted by molar-refractivity contribution is -0.162. The zero-order chi connectivity index (χ0) is 28.2. The van der Waals surface area contributed by atoms with Gasteiger partial charge in [0.15, 0.2) is 0 Å². The number of aliphatic carboxylic acids is 1. The zero-order valence-electron chi connectivity index (χ0n) is 21.3. The summed E-state index contributed by atoms with van der Waals surface area (Å²) in [5.74, 6) is 3.47. The second kappa shape index (κ2) is 11.1. The number of para-hydroxylation sites is 1. The molecule has 11 nitrogen and oxygen atoms in total.